The molecule has 0 aliphatic carbocycles. The van der Waals surface area contributed by atoms with E-state index in [0.717, 1.165) is 11.5 Å². The van der Waals surface area contributed by atoms with Crippen LogP contribution in [0.2, 0.25) is 0 Å². The molecule has 0 spiro atoms. The lowest BCUT2D eigenvalue weighted by atomic mass is 10.3. The molecule has 0 N–H and O–H groups in total. The minimum absolute atomic E-state index is 0.0906. The van der Waals surface area contributed by atoms with Crippen molar-refractivity contribution in [3.8, 4) is 17.6 Å². The number of rotatable bonds is 4. The van der Waals surface area contributed by atoms with Crippen molar-refractivity contribution >= 4 is 0 Å². The van der Waals surface area contributed by atoms with E-state index in [-0.39, 0.29) is 6.10 Å². The van der Waals surface area contributed by atoms with Gasteiger partial charge in [0.25, 0.3) is 0 Å². The fraction of sp³-hybridized carbons (Fsp3) is 0.364. The monoisotopic (exact) mass is 191 g/mol. The maximum atomic E-state index is 8.46. The molecule has 0 saturated heterocycles. The van der Waals surface area contributed by atoms with E-state index in [1.807, 2.05) is 25.1 Å². The van der Waals surface area contributed by atoms with Gasteiger partial charge in [-0.15, -0.1) is 0 Å². The third kappa shape index (κ3) is 2.98. The SMILES string of the molecule is COc1cccc(O[C@H](C)CC#N)c1. The summed E-state index contributed by atoms with van der Waals surface area (Å²) in [7, 11) is 1.61. The highest BCUT2D eigenvalue weighted by atomic mass is 16.5. The van der Waals surface area contributed by atoms with E-state index >= 15 is 0 Å². The first-order chi connectivity index (χ1) is 6.76. The van der Waals surface area contributed by atoms with Crippen molar-refractivity contribution in [1.82, 2.24) is 0 Å². The number of benzene rings is 1. The Morgan fingerprint density at radius 2 is 2.14 bits per heavy atom. The first kappa shape index (κ1) is 10.4. The third-order valence-corrected chi connectivity index (χ3v) is 1.76. The topological polar surface area (TPSA) is 42.2 Å². The molecule has 1 rings (SSSR count). The van der Waals surface area contributed by atoms with Gasteiger partial charge < -0.3 is 9.47 Å². The minimum Gasteiger partial charge on any atom is -0.497 e. The molecular formula is C11H13NO2. The van der Waals surface area contributed by atoms with Gasteiger partial charge in [0.1, 0.15) is 17.6 Å². The zero-order valence-corrected chi connectivity index (χ0v) is 8.36. The zero-order chi connectivity index (χ0) is 10.4. The average molecular weight is 191 g/mol. The summed E-state index contributed by atoms with van der Waals surface area (Å²) < 4.78 is 10.5. The minimum atomic E-state index is -0.0906. The van der Waals surface area contributed by atoms with Crippen LogP contribution >= 0.6 is 0 Å². The van der Waals surface area contributed by atoms with Crippen LogP contribution in [-0.4, -0.2) is 13.2 Å². The zero-order valence-electron chi connectivity index (χ0n) is 8.36. The van der Waals surface area contributed by atoms with Crippen molar-refractivity contribution in [2.24, 2.45) is 0 Å². The quantitative estimate of drug-likeness (QED) is 0.733. The molecular weight excluding hydrogens is 178 g/mol. The maximum Gasteiger partial charge on any atom is 0.123 e. The van der Waals surface area contributed by atoms with E-state index in [1.54, 1.807) is 13.2 Å². The van der Waals surface area contributed by atoms with Crippen LogP contribution in [0.15, 0.2) is 24.3 Å². The van der Waals surface area contributed by atoms with E-state index in [4.69, 9.17) is 14.7 Å². The molecule has 0 heterocycles. The Bertz CT molecular complexity index is 330. The predicted molar refractivity (Wildman–Crippen MR) is 53.3 cm³/mol. The van der Waals surface area contributed by atoms with Crippen LogP contribution in [0, 0.1) is 11.3 Å². The van der Waals surface area contributed by atoms with E-state index in [1.165, 1.54) is 0 Å². The summed E-state index contributed by atoms with van der Waals surface area (Å²) in [5.74, 6) is 1.48. The average Bonchev–Trinajstić information content (AvgIpc) is 2.18. The van der Waals surface area contributed by atoms with Crippen LogP contribution < -0.4 is 9.47 Å². The highest BCUT2D eigenvalue weighted by Crippen LogP contribution is 2.20. The Kier molecular flexibility index (Phi) is 3.81. The Labute approximate surface area is 83.9 Å². The molecule has 0 aromatic heterocycles. The fourth-order valence-corrected chi connectivity index (χ4v) is 1.08. The maximum absolute atomic E-state index is 8.46. The standard InChI is InChI=1S/C11H13NO2/c1-9(6-7-12)14-11-5-3-4-10(8-11)13-2/h3-5,8-9H,6H2,1-2H3/t9-/m1/s1. The fourth-order valence-electron chi connectivity index (χ4n) is 1.08. The molecule has 1 aromatic rings. The third-order valence-electron chi connectivity index (χ3n) is 1.76. The van der Waals surface area contributed by atoms with Crippen molar-refractivity contribution in [2.75, 3.05) is 7.11 Å². The van der Waals surface area contributed by atoms with Crippen molar-refractivity contribution in [3.63, 3.8) is 0 Å². The molecule has 0 saturated carbocycles. The van der Waals surface area contributed by atoms with E-state index in [0.29, 0.717) is 6.42 Å². The summed E-state index contributed by atoms with van der Waals surface area (Å²) in [5, 5.41) is 8.46. The highest BCUT2D eigenvalue weighted by molar-refractivity contribution is 5.32. The summed E-state index contributed by atoms with van der Waals surface area (Å²) in [6, 6.07) is 9.41. The molecule has 0 fully saturated rings. The van der Waals surface area contributed by atoms with Crippen LogP contribution in [0.3, 0.4) is 0 Å². The van der Waals surface area contributed by atoms with Crippen molar-refractivity contribution in [3.05, 3.63) is 24.3 Å². The lowest BCUT2D eigenvalue weighted by molar-refractivity contribution is 0.226. The second kappa shape index (κ2) is 5.13. The van der Waals surface area contributed by atoms with Crippen LogP contribution in [0.25, 0.3) is 0 Å². The van der Waals surface area contributed by atoms with Gasteiger partial charge in [-0.25, -0.2) is 0 Å². The van der Waals surface area contributed by atoms with Gasteiger partial charge in [-0.05, 0) is 19.1 Å². The van der Waals surface area contributed by atoms with Gasteiger partial charge >= 0.3 is 0 Å². The largest absolute Gasteiger partial charge is 0.497 e. The van der Waals surface area contributed by atoms with E-state index < -0.39 is 0 Å². The van der Waals surface area contributed by atoms with Crippen LogP contribution in [-0.2, 0) is 0 Å². The highest BCUT2D eigenvalue weighted by Gasteiger charge is 2.03. The molecule has 0 aliphatic heterocycles. The summed E-state index contributed by atoms with van der Waals surface area (Å²) in [4.78, 5) is 0. The molecule has 1 aromatic carbocycles. The Morgan fingerprint density at radius 3 is 2.79 bits per heavy atom. The van der Waals surface area contributed by atoms with Crippen molar-refractivity contribution < 1.29 is 9.47 Å². The summed E-state index contributed by atoms with van der Waals surface area (Å²) in [5.41, 5.74) is 0. The number of hydrogen-bond donors (Lipinski definition) is 0. The second-order valence-electron chi connectivity index (χ2n) is 2.97. The number of ether oxygens (including phenoxy) is 2. The van der Waals surface area contributed by atoms with Gasteiger partial charge in [-0.2, -0.15) is 5.26 Å². The summed E-state index contributed by atoms with van der Waals surface area (Å²) >= 11 is 0. The second-order valence-corrected chi connectivity index (χ2v) is 2.97. The summed E-state index contributed by atoms with van der Waals surface area (Å²) in [6.07, 6.45) is 0.295. The van der Waals surface area contributed by atoms with E-state index in [2.05, 4.69) is 6.07 Å². The van der Waals surface area contributed by atoms with Gasteiger partial charge in [0.15, 0.2) is 0 Å². The lowest BCUT2D eigenvalue weighted by Gasteiger charge is -2.11. The molecule has 1 atom stereocenters. The van der Waals surface area contributed by atoms with Crippen LogP contribution in [0.1, 0.15) is 13.3 Å². The molecule has 14 heavy (non-hydrogen) atoms. The normalized spacial score (nSPS) is 11.5. The molecule has 0 aliphatic rings. The van der Waals surface area contributed by atoms with Crippen molar-refractivity contribution in [1.29, 1.82) is 5.26 Å². The predicted octanol–water partition coefficient (Wildman–Crippen LogP) is 2.38. The molecule has 3 nitrogen and oxygen atoms in total. The number of hydrogen-bond acceptors (Lipinski definition) is 3. The number of methoxy groups -OCH3 is 1. The Balaban J connectivity index is 2.63. The van der Waals surface area contributed by atoms with Gasteiger partial charge in [0.2, 0.25) is 0 Å². The van der Waals surface area contributed by atoms with Crippen molar-refractivity contribution in [2.45, 2.75) is 19.4 Å². The van der Waals surface area contributed by atoms with Crippen LogP contribution in [0.5, 0.6) is 11.5 Å². The van der Waals surface area contributed by atoms with Crippen LogP contribution in [0.4, 0.5) is 0 Å². The smallest absolute Gasteiger partial charge is 0.123 e. The first-order valence-electron chi connectivity index (χ1n) is 4.44. The Hall–Kier alpha value is -1.69. The van der Waals surface area contributed by atoms with Gasteiger partial charge in [0, 0.05) is 6.07 Å². The van der Waals surface area contributed by atoms with Gasteiger partial charge in [-0.3, -0.25) is 0 Å². The Morgan fingerprint density at radius 1 is 1.43 bits per heavy atom. The number of nitrogens with zero attached hydrogens (tertiary/aromatic N) is 1. The molecule has 74 valence electrons. The molecule has 0 radical (unpaired) electrons. The summed E-state index contributed by atoms with van der Waals surface area (Å²) in [6.45, 7) is 1.86. The van der Waals surface area contributed by atoms with Gasteiger partial charge in [-0.1, -0.05) is 6.07 Å². The van der Waals surface area contributed by atoms with E-state index in [9.17, 15) is 0 Å². The molecule has 0 unspecified atom stereocenters. The molecule has 0 amide bonds. The van der Waals surface area contributed by atoms with Gasteiger partial charge in [0.05, 0.1) is 19.6 Å². The lowest BCUT2D eigenvalue weighted by Crippen LogP contribution is -2.10. The first-order valence-corrected chi connectivity index (χ1v) is 4.44. The number of nitriles is 1. The molecule has 0 bridgehead atoms. The molecule has 3 heteroatoms.